The van der Waals surface area contributed by atoms with Crippen LogP contribution in [0.4, 0.5) is 16.2 Å². The number of nitrogens with one attached hydrogen (secondary N) is 2. The van der Waals surface area contributed by atoms with Crippen LogP contribution in [0.2, 0.25) is 0 Å². The first kappa shape index (κ1) is 18.3. The predicted octanol–water partition coefficient (Wildman–Crippen LogP) is 2.78. The molecule has 2 aromatic carbocycles. The molecule has 8 heteroatoms. The number of nitrogens with two attached hydrogens (primary N) is 1. The number of amides is 1. The fraction of sp³-hybridized carbons (Fsp3) is 0.176. The van der Waals surface area contributed by atoms with Gasteiger partial charge in [0, 0.05) is 6.07 Å². The lowest BCUT2D eigenvalue weighted by molar-refractivity contribution is 0.177. The smallest absolute Gasteiger partial charge is 0.413 e. The summed E-state index contributed by atoms with van der Waals surface area (Å²) >= 11 is 4.98. The van der Waals surface area contributed by atoms with Crippen molar-refractivity contribution in [3.8, 4) is 11.5 Å². The van der Waals surface area contributed by atoms with Crippen molar-refractivity contribution in [1.82, 2.24) is 5.32 Å². The van der Waals surface area contributed by atoms with E-state index in [2.05, 4.69) is 15.4 Å². The Bertz CT molecular complexity index is 725. The number of thiocarbonyl (C=S) groups is 1. The minimum Gasteiger partial charge on any atom is -0.490 e. The third-order valence-electron chi connectivity index (χ3n) is 3.04. The van der Waals surface area contributed by atoms with E-state index >= 15 is 0 Å². The van der Waals surface area contributed by atoms with Crippen LogP contribution in [-0.2, 0) is 4.74 Å². The Morgan fingerprint density at radius 2 is 1.76 bits per heavy atom. The largest absolute Gasteiger partial charge is 0.490 e. The summed E-state index contributed by atoms with van der Waals surface area (Å²) in [6.07, 6.45) is -0.658. The molecule has 0 fully saturated rings. The Morgan fingerprint density at radius 3 is 2.40 bits per heavy atom. The van der Waals surface area contributed by atoms with Gasteiger partial charge in [-0.05, 0) is 36.5 Å². The Morgan fingerprint density at radius 1 is 1.08 bits per heavy atom. The zero-order valence-corrected chi connectivity index (χ0v) is 14.5. The van der Waals surface area contributed by atoms with Crippen LogP contribution in [0, 0.1) is 0 Å². The van der Waals surface area contributed by atoms with Crippen molar-refractivity contribution in [2.75, 3.05) is 31.4 Å². The number of alkyl carbamates (subject to hydrolysis) is 1. The minimum atomic E-state index is -0.658. The number of nitrogen functional groups attached to an aromatic ring is 1. The summed E-state index contributed by atoms with van der Waals surface area (Å²) in [7, 11) is 1.25. The molecule has 7 nitrogen and oxygen atoms in total. The number of benzene rings is 2. The van der Waals surface area contributed by atoms with Crippen molar-refractivity contribution in [3.63, 3.8) is 0 Å². The van der Waals surface area contributed by atoms with Gasteiger partial charge in [-0.3, -0.25) is 5.32 Å². The molecule has 0 unspecified atom stereocenters. The molecular weight excluding hydrogens is 342 g/mol. The lowest BCUT2D eigenvalue weighted by Crippen LogP contribution is -2.34. The Hall–Kier alpha value is -3.00. The first-order chi connectivity index (χ1) is 12.1. The van der Waals surface area contributed by atoms with Gasteiger partial charge in [0.25, 0.3) is 0 Å². The maximum absolute atomic E-state index is 11.1. The molecule has 132 valence electrons. The average Bonchev–Trinajstić information content (AvgIpc) is 2.61. The number of hydrogen-bond donors (Lipinski definition) is 3. The van der Waals surface area contributed by atoms with Gasteiger partial charge >= 0.3 is 6.09 Å². The number of para-hydroxylation sites is 1. The number of carbonyl (C=O) groups is 1. The van der Waals surface area contributed by atoms with Crippen molar-refractivity contribution in [2.24, 2.45) is 0 Å². The maximum Gasteiger partial charge on any atom is 0.413 e. The van der Waals surface area contributed by atoms with Crippen LogP contribution in [0.25, 0.3) is 0 Å². The van der Waals surface area contributed by atoms with Crippen LogP contribution in [0.3, 0.4) is 0 Å². The molecule has 0 radical (unpaired) electrons. The van der Waals surface area contributed by atoms with Gasteiger partial charge in [0.2, 0.25) is 0 Å². The fourth-order valence-electron chi connectivity index (χ4n) is 1.88. The Labute approximate surface area is 151 Å². The van der Waals surface area contributed by atoms with Crippen molar-refractivity contribution in [2.45, 2.75) is 0 Å². The second kappa shape index (κ2) is 9.33. The van der Waals surface area contributed by atoms with Crippen LogP contribution in [-0.4, -0.2) is 31.5 Å². The van der Waals surface area contributed by atoms with E-state index < -0.39 is 6.09 Å². The molecule has 25 heavy (non-hydrogen) atoms. The van der Waals surface area contributed by atoms with Crippen molar-refractivity contribution >= 4 is 34.8 Å². The lowest BCUT2D eigenvalue weighted by atomic mass is 10.2. The molecule has 0 aliphatic rings. The highest BCUT2D eigenvalue weighted by atomic mass is 32.1. The van der Waals surface area contributed by atoms with E-state index in [0.29, 0.717) is 30.3 Å². The van der Waals surface area contributed by atoms with Gasteiger partial charge in [-0.15, -0.1) is 0 Å². The quantitative estimate of drug-likeness (QED) is 0.414. The van der Waals surface area contributed by atoms with Gasteiger partial charge in [0.05, 0.1) is 18.5 Å². The number of ether oxygens (including phenoxy) is 3. The summed E-state index contributed by atoms with van der Waals surface area (Å²) in [5, 5.41) is 5.23. The van der Waals surface area contributed by atoms with Crippen LogP contribution < -0.4 is 25.8 Å². The third kappa shape index (κ3) is 6.19. The van der Waals surface area contributed by atoms with Gasteiger partial charge in [0.1, 0.15) is 24.7 Å². The molecule has 2 rings (SSSR count). The summed E-state index contributed by atoms with van der Waals surface area (Å²) < 4.78 is 15.6. The highest BCUT2D eigenvalue weighted by Gasteiger charge is 2.07. The van der Waals surface area contributed by atoms with E-state index in [0.717, 1.165) is 5.75 Å². The molecule has 0 aliphatic carbocycles. The average molecular weight is 361 g/mol. The predicted molar refractivity (Wildman–Crippen MR) is 100 cm³/mol. The van der Waals surface area contributed by atoms with E-state index in [4.69, 9.17) is 27.4 Å². The van der Waals surface area contributed by atoms with Crippen LogP contribution in [0.5, 0.6) is 11.5 Å². The molecule has 2 aromatic rings. The van der Waals surface area contributed by atoms with E-state index in [1.54, 1.807) is 18.2 Å². The second-order valence-corrected chi connectivity index (χ2v) is 5.24. The van der Waals surface area contributed by atoms with Crippen molar-refractivity contribution in [1.29, 1.82) is 0 Å². The molecule has 0 bridgehead atoms. The number of methoxy groups -OCH3 is 1. The Kier molecular flexibility index (Phi) is 6.85. The van der Waals surface area contributed by atoms with Gasteiger partial charge in [-0.1, -0.05) is 18.2 Å². The van der Waals surface area contributed by atoms with Gasteiger partial charge in [-0.25, -0.2) is 4.79 Å². The molecule has 0 heterocycles. The van der Waals surface area contributed by atoms with Gasteiger partial charge in [-0.2, -0.15) is 0 Å². The summed E-state index contributed by atoms with van der Waals surface area (Å²) in [6, 6.07) is 14.6. The SMILES string of the molecule is COC(=O)NC(=S)Nc1ccc(OCCOc2ccccc2)cc1N. The lowest BCUT2D eigenvalue weighted by Gasteiger charge is -2.13. The van der Waals surface area contributed by atoms with Crippen LogP contribution in [0.1, 0.15) is 0 Å². The van der Waals surface area contributed by atoms with E-state index in [-0.39, 0.29) is 5.11 Å². The molecule has 0 saturated carbocycles. The van der Waals surface area contributed by atoms with E-state index in [9.17, 15) is 4.79 Å². The molecule has 1 amide bonds. The second-order valence-electron chi connectivity index (χ2n) is 4.83. The molecule has 0 aliphatic heterocycles. The zero-order valence-electron chi connectivity index (χ0n) is 13.7. The first-order valence-corrected chi connectivity index (χ1v) is 7.85. The van der Waals surface area contributed by atoms with E-state index in [1.807, 2.05) is 30.3 Å². The van der Waals surface area contributed by atoms with Crippen LogP contribution >= 0.6 is 12.2 Å². The number of rotatable bonds is 6. The van der Waals surface area contributed by atoms with Gasteiger partial charge in [0.15, 0.2) is 5.11 Å². The highest BCUT2D eigenvalue weighted by Crippen LogP contribution is 2.24. The molecular formula is C17H19N3O4S. The van der Waals surface area contributed by atoms with Crippen molar-refractivity contribution < 1.29 is 19.0 Å². The Balaban J connectivity index is 1.80. The normalized spacial score (nSPS) is 9.80. The maximum atomic E-state index is 11.1. The molecule has 0 saturated heterocycles. The van der Waals surface area contributed by atoms with Gasteiger partial charge < -0.3 is 25.3 Å². The van der Waals surface area contributed by atoms with Crippen molar-refractivity contribution in [3.05, 3.63) is 48.5 Å². The summed E-state index contributed by atoms with van der Waals surface area (Å²) in [4.78, 5) is 11.1. The summed E-state index contributed by atoms with van der Waals surface area (Å²) in [6.45, 7) is 0.792. The first-order valence-electron chi connectivity index (χ1n) is 7.44. The number of anilines is 2. The standard InChI is InChI=1S/C17H19N3O4S/c1-22-17(21)20-16(25)19-15-8-7-13(11-14(15)18)24-10-9-23-12-5-3-2-4-6-12/h2-8,11H,9-10,18H2,1H3,(H2,19,20,21,25). The topological polar surface area (TPSA) is 94.8 Å². The number of hydrogen-bond acceptors (Lipinski definition) is 6. The monoisotopic (exact) mass is 361 g/mol. The van der Waals surface area contributed by atoms with E-state index in [1.165, 1.54) is 7.11 Å². The summed E-state index contributed by atoms with van der Waals surface area (Å²) in [5.74, 6) is 1.39. The molecule has 0 atom stereocenters. The summed E-state index contributed by atoms with van der Waals surface area (Å²) in [5.41, 5.74) is 6.93. The molecule has 0 spiro atoms. The fourth-order valence-corrected chi connectivity index (χ4v) is 2.07. The third-order valence-corrected chi connectivity index (χ3v) is 3.24. The minimum absolute atomic E-state index is 0.0866. The molecule has 4 N–H and O–H groups in total. The van der Waals surface area contributed by atoms with Crippen LogP contribution in [0.15, 0.2) is 48.5 Å². The zero-order chi connectivity index (χ0) is 18.1. The molecule has 0 aromatic heterocycles. The highest BCUT2D eigenvalue weighted by molar-refractivity contribution is 7.80. The number of carbonyl (C=O) groups excluding carboxylic acids is 1.